The van der Waals surface area contributed by atoms with Crippen LogP contribution in [0, 0.1) is 0 Å². The van der Waals surface area contributed by atoms with Crippen LogP contribution in [0.4, 0.5) is 0 Å². The molecule has 0 bridgehead atoms. The van der Waals surface area contributed by atoms with Crippen molar-refractivity contribution in [2.75, 3.05) is 0 Å². The van der Waals surface area contributed by atoms with Gasteiger partial charge in [0.1, 0.15) is 0 Å². The number of rotatable bonds is 1. The Bertz CT molecular complexity index is 409. The SMILES string of the molecule is CC1=CC(C)(c2ccccc2)CC(C)=C1. The van der Waals surface area contributed by atoms with Gasteiger partial charge in [-0.05, 0) is 25.8 Å². The summed E-state index contributed by atoms with van der Waals surface area (Å²) in [5.41, 5.74) is 4.45. The fourth-order valence-corrected chi connectivity index (χ4v) is 2.62. The maximum Gasteiger partial charge on any atom is 0.0146 e. The Labute approximate surface area is 92.3 Å². The Morgan fingerprint density at radius 3 is 2.33 bits per heavy atom. The van der Waals surface area contributed by atoms with E-state index in [0.29, 0.717) is 0 Å². The van der Waals surface area contributed by atoms with Gasteiger partial charge >= 0.3 is 0 Å². The second-order valence-electron chi connectivity index (χ2n) is 4.84. The molecule has 0 N–H and O–H groups in total. The molecule has 0 saturated carbocycles. The summed E-state index contributed by atoms with van der Waals surface area (Å²) in [5, 5.41) is 0. The first-order chi connectivity index (χ1) is 7.10. The van der Waals surface area contributed by atoms with E-state index in [1.165, 1.54) is 16.7 Å². The highest BCUT2D eigenvalue weighted by atomic mass is 14.3. The standard InChI is InChI=1S/C15H18/c1-12-9-13(2)11-15(3,10-12)14-7-5-4-6-8-14/h4-10H,11H2,1-3H3. The summed E-state index contributed by atoms with van der Waals surface area (Å²) in [6.07, 6.45) is 5.80. The quantitative estimate of drug-likeness (QED) is 0.633. The van der Waals surface area contributed by atoms with Crippen molar-refractivity contribution in [2.45, 2.75) is 32.6 Å². The Balaban J connectivity index is 2.42. The van der Waals surface area contributed by atoms with E-state index in [-0.39, 0.29) is 5.41 Å². The highest BCUT2D eigenvalue weighted by Gasteiger charge is 2.26. The largest absolute Gasteiger partial charge is 0.0719 e. The smallest absolute Gasteiger partial charge is 0.0146 e. The zero-order valence-corrected chi connectivity index (χ0v) is 9.75. The van der Waals surface area contributed by atoms with Gasteiger partial charge in [0.25, 0.3) is 0 Å². The molecule has 0 aliphatic heterocycles. The highest BCUT2D eigenvalue weighted by molar-refractivity contribution is 5.40. The van der Waals surface area contributed by atoms with E-state index < -0.39 is 0 Å². The third-order valence-electron chi connectivity index (χ3n) is 3.10. The van der Waals surface area contributed by atoms with Crippen molar-refractivity contribution in [2.24, 2.45) is 0 Å². The average Bonchev–Trinajstić information content (AvgIpc) is 2.17. The van der Waals surface area contributed by atoms with Crippen LogP contribution in [0.3, 0.4) is 0 Å². The van der Waals surface area contributed by atoms with Crippen molar-refractivity contribution < 1.29 is 0 Å². The third kappa shape index (κ3) is 2.04. The van der Waals surface area contributed by atoms with E-state index in [9.17, 15) is 0 Å². The predicted octanol–water partition coefficient (Wildman–Crippen LogP) is 4.24. The van der Waals surface area contributed by atoms with Crippen molar-refractivity contribution in [3.63, 3.8) is 0 Å². The maximum atomic E-state index is 2.38. The number of hydrogen-bond acceptors (Lipinski definition) is 0. The molecule has 0 radical (unpaired) electrons. The molecular formula is C15H18. The number of benzene rings is 1. The fraction of sp³-hybridized carbons (Fsp3) is 0.333. The lowest BCUT2D eigenvalue weighted by Gasteiger charge is -2.31. The summed E-state index contributed by atoms with van der Waals surface area (Å²) in [7, 11) is 0. The van der Waals surface area contributed by atoms with Gasteiger partial charge < -0.3 is 0 Å². The van der Waals surface area contributed by atoms with Gasteiger partial charge in [-0.25, -0.2) is 0 Å². The minimum atomic E-state index is 0.185. The van der Waals surface area contributed by atoms with Gasteiger partial charge in [-0.3, -0.25) is 0 Å². The fourth-order valence-electron chi connectivity index (χ4n) is 2.62. The summed E-state index contributed by atoms with van der Waals surface area (Å²) < 4.78 is 0. The molecule has 1 aliphatic rings. The molecule has 0 amide bonds. The molecule has 1 unspecified atom stereocenters. The van der Waals surface area contributed by atoms with E-state index in [1.54, 1.807) is 0 Å². The maximum absolute atomic E-state index is 2.38. The van der Waals surface area contributed by atoms with Gasteiger partial charge in [-0.15, -0.1) is 0 Å². The van der Waals surface area contributed by atoms with E-state index >= 15 is 0 Å². The summed E-state index contributed by atoms with van der Waals surface area (Å²) >= 11 is 0. The lowest BCUT2D eigenvalue weighted by molar-refractivity contribution is 0.576. The first kappa shape index (κ1) is 10.2. The van der Waals surface area contributed by atoms with Gasteiger partial charge in [-0.2, -0.15) is 0 Å². The van der Waals surface area contributed by atoms with Gasteiger partial charge in [0.15, 0.2) is 0 Å². The Hall–Kier alpha value is -1.30. The van der Waals surface area contributed by atoms with Gasteiger partial charge in [-0.1, -0.05) is 60.6 Å². The van der Waals surface area contributed by atoms with Gasteiger partial charge in [0.2, 0.25) is 0 Å². The summed E-state index contributed by atoms with van der Waals surface area (Å²) in [4.78, 5) is 0. The van der Waals surface area contributed by atoms with Crippen LogP contribution in [-0.2, 0) is 5.41 Å². The van der Waals surface area contributed by atoms with Crippen LogP contribution in [0.25, 0.3) is 0 Å². The predicted molar refractivity (Wildman–Crippen MR) is 65.9 cm³/mol. The minimum Gasteiger partial charge on any atom is -0.0719 e. The molecule has 2 rings (SSSR count). The monoisotopic (exact) mass is 198 g/mol. The van der Waals surface area contributed by atoms with Crippen molar-refractivity contribution in [3.8, 4) is 0 Å². The number of allylic oxidation sites excluding steroid dienone is 4. The minimum absolute atomic E-state index is 0.185. The van der Waals surface area contributed by atoms with Gasteiger partial charge in [0.05, 0.1) is 0 Å². The first-order valence-corrected chi connectivity index (χ1v) is 5.52. The Morgan fingerprint density at radius 1 is 1.07 bits per heavy atom. The third-order valence-corrected chi connectivity index (χ3v) is 3.10. The zero-order chi connectivity index (χ0) is 10.9. The van der Waals surface area contributed by atoms with Crippen molar-refractivity contribution >= 4 is 0 Å². The highest BCUT2D eigenvalue weighted by Crippen LogP contribution is 2.36. The van der Waals surface area contributed by atoms with Crippen LogP contribution in [0.5, 0.6) is 0 Å². The van der Waals surface area contributed by atoms with Crippen LogP contribution < -0.4 is 0 Å². The van der Waals surface area contributed by atoms with Crippen LogP contribution >= 0.6 is 0 Å². The molecule has 1 aromatic carbocycles. The molecule has 0 heteroatoms. The summed E-state index contributed by atoms with van der Waals surface area (Å²) in [6.45, 7) is 6.73. The lowest BCUT2D eigenvalue weighted by atomic mass is 9.73. The second kappa shape index (κ2) is 3.69. The van der Waals surface area contributed by atoms with Crippen molar-refractivity contribution in [1.82, 2.24) is 0 Å². The van der Waals surface area contributed by atoms with E-state index in [0.717, 1.165) is 6.42 Å². The van der Waals surface area contributed by atoms with Crippen LogP contribution in [0.2, 0.25) is 0 Å². The molecule has 0 nitrogen and oxygen atoms in total. The van der Waals surface area contributed by atoms with Crippen molar-refractivity contribution in [3.05, 3.63) is 59.2 Å². The molecule has 78 valence electrons. The summed E-state index contributed by atoms with van der Waals surface area (Å²) in [6, 6.07) is 10.8. The molecule has 0 aromatic heterocycles. The van der Waals surface area contributed by atoms with Crippen molar-refractivity contribution in [1.29, 1.82) is 0 Å². The molecule has 1 aliphatic carbocycles. The number of hydrogen-bond donors (Lipinski definition) is 0. The van der Waals surface area contributed by atoms with Gasteiger partial charge in [0, 0.05) is 5.41 Å². The average molecular weight is 198 g/mol. The lowest BCUT2D eigenvalue weighted by Crippen LogP contribution is -2.22. The normalized spacial score (nSPS) is 25.8. The Morgan fingerprint density at radius 2 is 1.73 bits per heavy atom. The summed E-state index contributed by atoms with van der Waals surface area (Å²) in [5.74, 6) is 0. The molecule has 1 atom stereocenters. The first-order valence-electron chi connectivity index (χ1n) is 5.52. The Kier molecular flexibility index (Phi) is 2.52. The molecule has 1 aromatic rings. The second-order valence-corrected chi connectivity index (χ2v) is 4.84. The molecule has 15 heavy (non-hydrogen) atoms. The molecule has 0 fully saturated rings. The van der Waals surface area contributed by atoms with E-state index in [2.05, 4.69) is 63.3 Å². The van der Waals surface area contributed by atoms with Crippen LogP contribution in [0.15, 0.2) is 53.6 Å². The van der Waals surface area contributed by atoms with E-state index in [1.807, 2.05) is 0 Å². The molecular weight excluding hydrogens is 180 g/mol. The molecule has 0 spiro atoms. The van der Waals surface area contributed by atoms with Crippen LogP contribution in [0.1, 0.15) is 32.8 Å². The topological polar surface area (TPSA) is 0 Å². The zero-order valence-electron chi connectivity index (χ0n) is 9.75. The van der Waals surface area contributed by atoms with Crippen LogP contribution in [-0.4, -0.2) is 0 Å². The molecule has 0 saturated heterocycles. The van der Waals surface area contributed by atoms with E-state index in [4.69, 9.17) is 0 Å². The molecule has 0 heterocycles.